The van der Waals surface area contributed by atoms with Crippen molar-refractivity contribution < 1.29 is 8.78 Å². The normalized spacial score (nSPS) is 11.5. The Morgan fingerprint density at radius 1 is 1.16 bits per heavy atom. The lowest BCUT2D eigenvalue weighted by molar-refractivity contribution is 0.585. The summed E-state index contributed by atoms with van der Waals surface area (Å²) in [5.74, 6) is -1.33. The molecule has 0 bridgehead atoms. The number of hydrazone groups is 1. The van der Waals surface area contributed by atoms with Crippen LogP contribution in [0.1, 0.15) is 12.5 Å². The predicted molar refractivity (Wildman–Crippen MR) is 73.6 cm³/mol. The Labute approximate surface area is 114 Å². The molecule has 0 amide bonds. The first-order chi connectivity index (χ1) is 9.08. The van der Waals surface area contributed by atoms with Gasteiger partial charge in [0.15, 0.2) is 5.82 Å². The predicted octanol–water partition coefficient (Wildman–Crippen LogP) is 4.45. The maximum Gasteiger partial charge on any atom is 0.151 e. The first kappa shape index (κ1) is 13.5. The van der Waals surface area contributed by atoms with Gasteiger partial charge in [0.25, 0.3) is 0 Å². The van der Waals surface area contributed by atoms with Crippen molar-refractivity contribution in [3.63, 3.8) is 0 Å². The Bertz CT molecular complexity index is 627. The van der Waals surface area contributed by atoms with Crippen molar-refractivity contribution in [3.8, 4) is 0 Å². The Morgan fingerprint density at radius 2 is 1.89 bits per heavy atom. The Morgan fingerprint density at radius 3 is 2.58 bits per heavy atom. The van der Waals surface area contributed by atoms with Crippen molar-refractivity contribution in [2.75, 3.05) is 5.43 Å². The highest BCUT2D eigenvalue weighted by Crippen LogP contribution is 2.18. The number of halogens is 3. The number of rotatable bonds is 3. The highest BCUT2D eigenvalue weighted by atomic mass is 35.5. The maximum atomic E-state index is 13.4. The molecule has 0 aromatic heterocycles. The van der Waals surface area contributed by atoms with Crippen LogP contribution < -0.4 is 5.43 Å². The van der Waals surface area contributed by atoms with Crippen molar-refractivity contribution in [1.29, 1.82) is 0 Å². The van der Waals surface area contributed by atoms with Crippen molar-refractivity contribution in [2.24, 2.45) is 5.10 Å². The van der Waals surface area contributed by atoms with Crippen molar-refractivity contribution in [1.82, 2.24) is 0 Å². The van der Waals surface area contributed by atoms with Gasteiger partial charge in [-0.2, -0.15) is 5.10 Å². The number of hydrogen-bond acceptors (Lipinski definition) is 2. The van der Waals surface area contributed by atoms with E-state index >= 15 is 0 Å². The monoisotopic (exact) mass is 280 g/mol. The SMILES string of the molecule is C/C(=N\Nc1ccc(F)cc1F)c1ccccc1Cl. The molecule has 0 aliphatic rings. The summed E-state index contributed by atoms with van der Waals surface area (Å²) in [6.07, 6.45) is 0. The molecule has 2 aromatic rings. The summed E-state index contributed by atoms with van der Waals surface area (Å²) in [6.45, 7) is 1.75. The van der Waals surface area contributed by atoms with Crippen molar-refractivity contribution >= 4 is 23.0 Å². The molecule has 19 heavy (non-hydrogen) atoms. The van der Waals surface area contributed by atoms with E-state index in [2.05, 4.69) is 10.5 Å². The topological polar surface area (TPSA) is 24.4 Å². The molecule has 0 unspecified atom stereocenters. The minimum absolute atomic E-state index is 0.104. The first-order valence-corrected chi connectivity index (χ1v) is 5.96. The van der Waals surface area contributed by atoms with Gasteiger partial charge in [-0.15, -0.1) is 0 Å². The van der Waals surface area contributed by atoms with Gasteiger partial charge in [-0.05, 0) is 25.1 Å². The maximum absolute atomic E-state index is 13.4. The van der Waals surface area contributed by atoms with Crippen LogP contribution in [0.25, 0.3) is 0 Å². The quantitative estimate of drug-likeness (QED) is 0.652. The van der Waals surface area contributed by atoms with E-state index in [1.165, 1.54) is 6.07 Å². The molecule has 0 fully saturated rings. The third kappa shape index (κ3) is 3.29. The van der Waals surface area contributed by atoms with Gasteiger partial charge in [-0.1, -0.05) is 29.8 Å². The lowest BCUT2D eigenvalue weighted by atomic mass is 10.1. The van der Waals surface area contributed by atoms with Crippen LogP contribution in [0, 0.1) is 11.6 Å². The van der Waals surface area contributed by atoms with E-state index in [1.807, 2.05) is 18.2 Å². The first-order valence-electron chi connectivity index (χ1n) is 5.58. The van der Waals surface area contributed by atoms with Crippen molar-refractivity contribution in [2.45, 2.75) is 6.92 Å². The van der Waals surface area contributed by atoms with Crippen molar-refractivity contribution in [3.05, 3.63) is 64.7 Å². The van der Waals surface area contributed by atoms with Gasteiger partial charge < -0.3 is 0 Å². The third-order valence-corrected chi connectivity index (χ3v) is 2.87. The molecule has 0 heterocycles. The van der Waals surface area contributed by atoms with Gasteiger partial charge in [-0.3, -0.25) is 5.43 Å². The molecule has 0 spiro atoms. The molecule has 0 radical (unpaired) electrons. The second-order valence-electron chi connectivity index (χ2n) is 3.91. The van der Waals surface area contributed by atoms with E-state index in [-0.39, 0.29) is 5.69 Å². The van der Waals surface area contributed by atoms with Gasteiger partial charge in [-0.25, -0.2) is 8.78 Å². The van der Waals surface area contributed by atoms with E-state index in [0.717, 1.165) is 17.7 Å². The zero-order valence-corrected chi connectivity index (χ0v) is 10.9. The highest BCUT2D eigenvalue weighted by molar-refractivity contribution is 6.34. The fourth-order valence-corrected chi connectivity index (χ4v) is 1.81. The average Bonchev–Trinajstić information content (AvgIpc) is 2.38. The van der Waals surface area contributed by atoms with E-state index in [4.69, 9.17) is 11.6 Å². The molecule has 98 valence electrons. The van der Waals surface area contributed by atoms with Crippen LogP contribution in [-0.4, -0.2) is 5.71 Å². The van der Waals surface area contributed by atoms with Crippen LogP contribution in [0.2, 0.25) is 5.02 Å². The minimum atomic E-state index is -0.698. The second-order valence-corrected chi connectivity index (χ2v) is 4.32. The summed E-state index contributed by atoms with van der Waals surface area (Å²) in [7, 11) is 0. The second kappa shape index (κ2) is 5.80. The van der Waals surface area contributed by atoms with Crippen LogP contribution >= 0.6 is 11.6 Å². The van der Waals surface area contributed by atoms with Crippen LogP contribution in [0.3, 0.4) is 0 Å². The number of nitrogens with zero attached hydrogens (tertiary/aromatic N) is 1. The minimum Gasteiger partial charge on any atom is -0.275 e. The smallest absolute Gasteiger partial charge is 0.151 e. The zero-order chi connectivity index (χ0) is 13.8. The molecule has 0 aliphatic carbocycles. The molecule has 0 saturated heterocycles. The highest BCUT2D eigenvalue weighted by Gasteiger charge is 2.05. The van der Waals surface area contributed by atoms with E-state index in [9.17, 15) is 8.78 Å². The van der Waals surface area contributed by atoms with Crippen LogP contribution in [0.15, 0.2) is 47.6 Å². The van der Waals surface area contributed by atoms with Gasteiger partial charge >= 0.3 is 0 Å². The van der Waals surface area contributed by atoms with Gasteiger partial charge in [0.1, 0.15) is 5.82 Å². The van der Waals surface area contributed by atoms with Gasteiger partial charge in [0.05, 0.1) is 11.4 Å². The summed E-state index contributed by atoms with van der Waals surface area (Å²) in [5.41, 5.74) is 4.01. The van der Waals surface area contributed by atoms with Crippen LogP contribution in [0.5, 0.6) is 0 Å². The van der Waals surface area contributed by atoms with E-state index < -0.39 is 11.6 Å². The molecule has 5 heteroatoms. The molecule has 2 nitrogen and oxygen atoms in total. The molecular weight excluding hydrogens is 270 g/mol. The third-order valence-electron chi connectivity index (χ3n) is 2.54. The zero-order valence-electron chi connectivity index (χ0n) is 10.1. The Balaban J connectivity index is 2.21. The molecule has 0 aliphatic heterocycles. The molecule has 1 N–H and O–H groups in total. The summed E-state index contributed by atoms with van der Waals surface area (Å²) in [4.78, 5) is 0. The number of anilines is 1. The van der Waals surface area contributed by atoms with Crippen LogP contribution in [0.4, 0.5) is 14.5 Å². The van der Waals surface area contributed by atoms with Crippen LogP contribution in [-0.2, 0) is 0 Å². The summed E-state index contributed by atoms with van der Waals surface area (Å²) in [5, 5.41) is 4.60. The number of nitrogens with one attached hydrogen (secondary N) is 1. The largest absolute Gasteiger partial charge is 0.275 e. The fourth-order valence-electron chi connectivity index (χ4n) is 1.54. The fraction of sp³-hybridized carbons (Fsp3) is 0.0714. The molecular formula is C14H11ClF2N2. The lowest BCUT2D eigenvalue weighted by Crippen LogP contribution is -2.01. The molecule has 0 saturated carbocycles. The standard InChI is InChI=1S/C14H11ClF2N2/c1-9(11-4-2-3-5-12(11)15)18-19-14-7-6-10(16)8-13(14)17/h2-8,19H,1H3/b18-9+. The van der Waals surface area contributed by atoms with Gasteiger partial charge in [0, 0.05) is 16.7 Å². The summed E-state index contributed by atoms with van der Waals surface area (Å²) < 4.78 is 26.1. The lowest BCUT2D eigenvalue weighted by Gasteiger charge is -2.06. The Kier molecular flexibility index (Phi) is 4.12. The number of benzene rings is 2. The van der Waals surface area contributed by atoms with E-state index in [1.54, 1.807) is 13.0 Å². The molecule has 2 rings (SSSR count). The average molecular weight is 281 g/mol. The van der Waals surface area contributed by atoms with E-state index in [0.29, 0.717) is 10.7 Å². The van der Waals surface area contributed by atoms with Gasteiger partial charge in [0.2, 0.25) is 0 Å². The summed E-state index contributed by atoms with van der Waals surface area (Å²) in [6, 6.07) is 10.4. The summed E-state index contributed by atoms with van der Waals surface area (Å²) >= 11 is 6.02. The number of hydrogen-bond donors (Lipinski definition) is 1. The molecule has 2 aromatic carbocycles. The Hall–Kier alpha value is -1.94. The molecule has 0 atom stereocenters.